The molecule has 0 aromatic carbocycles. The van der Waals surface area contributed by atoms with Gasteiger partial charge in [0.25, 0.3) is 0 Å². The molecule has 1 aliphatic heterocycles. The van der Waals surface area contributed by atoms with Crippen molar-refractivity contribution in [3.8, 4) is 0 Å². The molecule has 6 heteroatoms. The van der Waals surface area contributed by atoms with Gasteiger partial charge in [-0.05, 0) is 25.7 Å². The fraction of sp³-hybridized carbons (Fsp3) is 0.733. The maximum absolute atomic E-state index is 5.61. The van der Waals surface area contributed by atoms with E-state index in [1.165, 1.54) is 0 Å². The fourth-order valence-corrected chi connectivity index (χ4v) is 2.87. The van der Waals surface area contributed by atoms with Gasteiger partial charge in [0.05, 0.1) is 6.10 Å². The molecule has 2 unspecified atom stereocenters. The molecule has 2 rings (SSSR count). The van der Waals surface area contributed by atoms with Gasteiger partial charge in [-0.25, -0.2) is 15.8 Å². The molecule has 118 valence electrons. The van der Waals surface area contributed by atoms with Crippen molar-refractivity contribution in [3.05, 3.63) is 11.4 Å². The number of nitrogen functional groups attached to an aromatic ring is 1. The van der Waals surface area contributed by atoms with Crippen molar-refractivity contribution >= 4 is 11.6 Å². The lowest BCUT2D eigenvalue weighted by Gasteiger charge is -2.37. The third-order valence-corrected chi connectivity index (χ3v) is 4.27. The van der Waals surface area contributed by atoms with Crippen LogP contribution in [0.3, 0.4) is 0 Å². The minimum atomic E-state index is 0.247. The Hall–Kier alpha value is -1.40. The second kappa shape index (κ2) is 7.04. The van der Waals surface area contributed by atoms with Crippen LogP contribution >= 0.6 is 0 Å². The van der Waals surface area contributed by atoms with Gasteiger partial charge in [0, 0.05) is 32.2 Å². The van der Waals surface area contributed by atoms with Gasteiger partial charge in [0.15, 0.2) is 0 Å². The molecular formula is C15H27N5O. The molecule has 0 saturated carbocycles. The second-order valence-corrected chi connectivity index (χ2v) is 5.82. The molecule has 2 heterocycles. The van der Waals surface area contributed by atoms with Crippen molar-refractivity contribution in [1.82, 2.24) is 9.97 Å². The number of aromatic nitrogens is 2. The van der Waals surface area contributed by atoms with E-state index in [1.807, 2.05) is 6.92 Å². The first-order valence-electron chi connectivity index (χ1n) is 7.72. The van der Waals surface area contributed by atoms with Gasteiger partial charge in [0.2, 0.25) is 0 Å². The molecular weight excluding hydrogens is 266 g/mol. The van der Waals surface area contributed by atoms with Gasteiger partial charge in [0.1, 0.15) is 17.5 Å². The van der Waals surface area contributed by atoms with E-state index in [0.717, 1.165) is 55.4 Å². The van der Waals surface area contributed by atoms with Crippen LogP contribution in [0.2, 0.25) is 0 Å². The van der Waals surface area contributed by atoms with Crippen LogP contribution in [0.15, 0.2) is 0 Å². The summed E-state index contributed by atoms with van der Waals surface area (Å²) in [5.74, 6) is 8.73. The number of hydrazine groups is 1. The minimum Gasteiger partial charge on any atom is -0.379 e. The van der Waals surface area contributed by atoms with Gasteiger partial charge < -0.3 is 15.1 Å². The molecule has 21 heavy (non-hydrogen) atoms. The Bertz CT molecular complexity index is 479. The topological polar surface area (TPSA) is 76.3 Å². The first-order valence-corrected chi connectivity index (χ1v) is 7.72. The number of nitrogens with zero attached hydrogens (tertiary/aromatic N) is 3. The Morgan fingerprint density at radius 1 is 1.43 bits per heavy atom. The Morgan fingerprint density at radius 2 is 2.19 bits per heavy atom. The van der Waals surface area contributed by atoms with Crippen LogP contribution in [0.1, 0.15) is 38.1 Å². The Balaban J connectivity index is 2.31. The number of methoxy groups -OCH3 is 1. The summed E-state index contributed by atoms with van der Waals surface area (Å²) in [5, 5.41) is 0. The lowest BCUT2D eigenvalue weighted by molar-refractivity contribution is 0.0496. The third kappa shape index (κ3) is 3.44. The van der Waals surface area contributed by atoms with E-state index in [1.54, 1.807) is 7.11 Å². The van der Waals surface area contributed by atoms with Crippen molar-refractivity contribution in [2.75, 3.05) is 30.5 Å². The van der Waals surface area contributed by atoms with Crippen LogP contribution in [0.5, 0.6) is 0 Å². The molecule has 0 bridgehead atoms. The van der Waals surface area contributed by atoms with Gasteiger partial charge in [-0.1, -0.05) is 13.8 Å². The SMILES string of the molecule is CCCc1nc(NN)c(C)c(N2CCC(C)C(OC)C2)n1. The quantitative estimate of drug-likeness (QED) is 0.638. The van der Waals surface area contributed by atoms with Gasteiger partial charge >= 0.3 is 0 Å². The largest absolute Gasteiger partial charge is 0.379 e. The van der Waals surface area contributed by atoms with Crippen LogP contribution in [-0.2, 0) is 11.2 Å². The number of nitrogens with two attached hydrogens (primary N) is 1. The predicted octanol–water partition coefficient (Wildman–Crippen LogP) is 1.88. The van der Waals surface area contributed by atoms with E-state index < -0.39 is 0 Å². The third-order valence-electron chi connectivity index (χ3n) is 4.27. The van der Waals surface area contributed by atoms with Crippen LogP contribution in [0.25, 0.3) is 0 Å². The van der Waals surface area contributed by atoms with Crippen molar-refractivity contribution in [2.24, 2.45) is 11.8 Å². The lowest BCUT2D eigenvalue weighted by Crippen LogP contribution is -2.44. The van der Waals surface area contributed by atoms with Gasteiger partial charge in [-0.3, -0.25) is 0 Å². The zero-order valence-electron chi connectivity index (χ0n) is 13.5. The summed E-state index contributed by atoms with van der Waals surface area (Å²) in [5.41, 5.74) is 3.70. The molecule has 0 radical (unpaired) electrons. The van der Waals surface area contributed by atoms with Crippen molar-refractivity contribution in [3.63, 3.8) is 0 Å². The maximum atomic E-state index is 5.61. The molecule has 3 N–H and O–H groups in total. The van der Waals surface area contributed by atoms with E-state index in [0.29, 0.717) is 5.92 Å². The zero-order valence-corrected chi connectivity index (χ0v) is 13.5. The summed E-state index contributed by atoms with van der Waals surface area (Å²) < 4.78 is 5.60. The monoisotopic (exact) mass is 293 g/mol. The van der Waals surface area contributed by atoms with Crippen molar-refractivity contribution < 1.29 is 4.74 Å². The van der Waals surface area contributed by atoms with Gasteiger partial charge in [-0.2, -0.15) is 0 Å². The van der Waals surface area contributed by atoms with Crippen LogP contribution in [0, 0.1) is 12.8 Å². The lowest BCUT2D eigenvalue weighted by atomic mass is 9.95. The molecule has 0 amide bonds. The fourth-order valence-electron chi connectivity index (χ4n) is 2.87. The molecule has 0 aliphatic carbocycles. The van der Waals surface area contributed by atoms with E-state index in [2.05, 4.69) is 29.2 Å². The second-order valence-electron chi connectivity index (χ2n) is 5.82. The summed E-state index contributed by atoms with van der Waals surface area (Å²) >= 11 is 0. The number of ether oxygens (including phenoxy) is 1. The standard InChI is InChI=1S/C15H27N5O/c1-5-6-13-17-14(19-16)11(3)15(18-13)20-8-7-10(2)12(9-20)21-4/h10,12H,5-9,16H2,1-4H3,(H,17,18,19). The number of hydrogen-bond donors (Lipinski definition) is 2. The average Bonchev–Trinajstić information content (AvgIpc) is 2.49. The van der Waals surface area contributed by atoms with E-state index in [4.69, 9.17) is 15.6 Å². The van der Waals surface area contributed by atoms with Crippen molar-refractivity contribution in [2.45, 2.75) is 46.1 Å². The highest BCUT2D eigenvalue weighted by Crippen LogP contribution is 2.28. The molecule has 6 nitrogen and oxygen atoms in total. The summed E-state index contributed by atoms with van der Waals surface area (Å²) in [4.78, 5) is 11.5. The van der Waals surface area contributed by atoms with Crippen LogP contribution in [0.4, 0.5) is 11.6 Å². The molecule has 1 fully saturated rings. The zero-order chi connectivity index (χ0) is 15.4. The molecule has 1 aromatic heterocycles. The molecule has 0 spiro atoms. The molecule has 1 aliphatic rings. The number of anilines is 2. The van der Waals surface area contributed by atoms with Crippen LogP contribution < -0.4 is 16.2 Å². The normalized spacial score (nSPS) is 22.4. The highest BCUT2D eigenvalue weighted by molar-refractivity contribution is 5.58. The van der Waals surface area contributed by atoms with E-state index in [-0.39, 0.29) is 6.10 Å². The molecule has 1 saturated heterocycles. The highest BCUT2D eigenvalue weighted by Gasteiger charge is 2.28. The van der Waals surface area contributed by atoms with Crippen LogP contribution in [-0.4, -0.2) is 36.3 Å². The molecule has 1 aromatic rings. The Morgan fingerprint density at radius 3 is 2.81 bits per heavy atom. The average molecular weight is 293 g/mol. The first-order chi connectivity index (χ1) is 10.1. The summed E-state index contributed by atoms with van der Waals surface area (Å²) in [6.45, 7) is 8.25. The smallest absolute Gasteiger partial charge is 0.148 e. The number of aryl methyl sites for hydroxylation is 1. The highest BCUT2D eigenvalue weighted by atomic mass is 16.5. The first kappa shape index (κ1) is 16.0. The molecule has 2 atom stereocenters. The maximum Gasteiger partial charge on any atom is 0.148 e. The predicted molar refractivity (Wildman–Crippen MR) is 85.4 cm³/mol. The minimum absolute atomic E-state index is 0.247. The van der Waals surface area contributed by atoms with E-state index >= 15 is 0 Å². The number of piperidine rings is 1. The number of rotatable bonds is 5. The van der Waals surface area contributed by atoms with Crippen molar-refractivity contribution in [1.29, 1.82) is 0 Å². The number of nitrogens with one attached hydrogen (secondary N) is 1. The summed E-state index contributed by atoms with van der Waals surface area (Å²) in [7, 11) is 1.78. The Labute approximate surface area is 127 Å². The van der Waals surface area contributed by atoms with E-state index in [9.17, 15) is 0 Å². The van der Waals surface area contributed by atoms with Gasteiger partial charge in [-0.15, -0.1) is 0 Å². The Kier molecular flexibility index (Phi) is 5.36. The summed E-state index contributed by atoms with van der Waals surface area (Å²) in [6, 6.07) is 0. The number of hydrogen-bond acceptors (Lipinski definition) is 6. The summed E-state index contributed by atoms with van der Waals surface area (Å²) in [6.07, 6.45) is 3.23.